The number of halogens is 3. The lowest BCUT2D eigenvalue weighted by Gasteiger charge is -2.30. The Balaban J connectivity index is 1.52. The fraction of sp³-hybridized carbons (Fsp3) is 0.676. The fourth-order valence-electron chi connectivity index (χ4n) is 5.87. The molecule has 1 aliphatic rings. The lowest BCUT2D eigenvalue weighted by molar-refractivity contribution is -0.227. The van der Waals surface area contributed by atoms with Gasteiger partial charge in [0.15, 0.2) is 0 Å². The molecule has 0 amide bonds. The molecule has 1 unspecified atom stereocenters. The first-order valence-electron chi connectivity index (χ1n) is 16.1. The molecule has 0 aliphatic heterocycles. The van der Waals surface area contributed by atoms with Gasteiger partial charge in [0.2, 0.25) is 12.0 Å². The molecule has 8 heteroatoms. The van der Waals surface area contributed by atoms with Crippen LogP contribution in [0, 0.1) is 5.92 Å². The van der Waals surface area contributed by atoms with Crippen LogP contribution >= 0.6 is 0 Å². The van der Waals surface area contributed by atoms with Gasteiger partial charge in [0.1, 0.15) is 6.61 Å². The molecule has 0 N–H and O–H groups in total. The number of esters is 1. The molecule has 5 nitrogen and oxygen atoms in total. The third-order valence-corrected chi connectivity index (χ3v) is 8.39. The second-order valence-electron chi connectivity index (χ2n) is 11.8. The molecule has 2 aromatic rings. The predicted octanol–water partition coefficient (Wildman–Crippen LogP) is 9.99. The zero-order chi connectivity index (χ0) is 30.2. The van der Waals surface area contributed by atoms with Gasteiger partial charge in [-0.15, -0.1) is 10.2 Å². The second kappa shape index (κ2) is 18.1. The van der Waals surface area contributed by atoms with E-state index in [0.29, 0.717) is 18.0 Å². The van der Waals surface area contributed by atoms with Crippen molar-refractivity contribution in [1.82, 2.24) is 10.2 Å². The molecule has 0 bridgehead atoms. The van der Waals surface area contributed by atoms with E-state index in [-0.39, 0.29) is 12.3 Å². The highest BCUT2D eigenvalue weighted by atomic mass is 19.4. The molecule has 1 atom stereocenters. The Hall–Kier alpha value is -2.64. The van der Waals surface area contributed by atoms with Crippen molar-refractivity contribution in [2.45, 2.75) is 135 Å². The molecule has 1 saturated carbocycles. The highest BCUT2D eigenvalue weighted by Gasteiger charge is 2.43. The number of hydrogen-bond acceptors (Lipinski definition) is 5. The third-order valence-electron chi connectivity index (χ3n) is 8.39. The van der Waals surface area contributed by atoms with Gasteiger partial charge in [0, 0.05) is 18.1 Å². The van der Waals surface area contributed by atoms with Gasteiger partial charge < -0.3 is 9.47 Å². The maximum atomic E-state index is 13.5. The first-order chi connectivity index (χ1) is 20.3. The van der Waals surface area contributed by atoms with Gasteiger partial charge in [-0.1, -0.05) is 102 Å². The molecule has 0 spiro atoms. The third kappa shape index (κ3) is 11.6. The lowest BCUT2D eigenvalue weighted by atomic mass is 9.75. The summed E-state index contributed by atoms with van der Waals surface area (Å²) in [6, 6.07) is 11.5. The van der Waals surface area contributed by atoms with Crippen molar-refractivity contribution in [3.63, 3.8) is 0 Å². The van der Waals surface area contributed by atoms with Gasteiger partial charge in [0.05, 0.1) is 5.69 Å². The smallest absolute Gasteiger partial charge is 0.428 e. The van der Waals surface area contributed by atoms with E-state index in [9.17, 15) is 18.0 Å². The number of rotatable bonds is 18. The Labute approximate surface area is 250 Å². The molecule has 42 heavy (non-hydrogen) atoms. The summed E-state index contributed by atoms with van der Waals surface area (Å²) >= 11 is 0. The zero-order valence-corrected chi connectivity index (χ0v) is 25.5. The number of unbranched alkanes of at least 4 members (excludes halogenated alkanes) is 8. The summed E-state index contributed by atoms with van der Waals surface area (Å²) in [5.74, 6) is 0.367. The molecule has 1 aliphatic carbocycles. The van der Waals surface area contributed by atoms with E-state index in [0.717, 1.165) is 43.6 Å². The van der Waals surface area contributed by atoms with Crippen LogP contribution in [-0.2, 0) is 9.53 Å². The van der Waals surface area contributed by atoms with Gasteiger partial charge in [-0.3, -0.25) is 4.79 Å². The number of nitrogens with zero attached hydrogens (tertiary/aromatic N) is 2. The summed E-state index contributed by atoms with van der Waals surface area (Å²) in [5.41, 5.74) is 2.92. The molecule has 0 radical (unpaired) electrons. The van der Waals surface area contributed by atoms with E-state index in [1.165, 1.54) is 69.4 Å². The largest absolute Gasteiger partial charge is 0.472 e. The van der Waals surface area contributed by atoms with Crippen molar-refractivity contribution in [2.75, 3.05) is 6.61 Å². The lowest BCUT2D eigenvalue weighted by Crippen LogP contribution is -2.38. The van der Waals surface area contributed by atoms with Crippen LogP contribution in [0.3, 0.4) is 0 Å². The van der Waals surface area contributed by atoms with E-state index >= 15 is 0 Å². The fourth-order valence-corrected chi connectivity index (χ4v) is 5.87. The molecule has 1 aromatic heterocycles. The van der Waals surface area contributed by atoms with Gasteiger partial charge in [-0.05, 0) is 55.6 Å². The minimum atomic E-state index is -4.74. The highest BCUT2D eigenvalue weighted by molar-refractivity contribution is 5.69. The maximum absolute atomic E-state index is 13.5. The molecule has 234 valence electrons. The minimum absolute atomic E-state index is 0.0404. The van der Waals surface area contributed by atoms with E-state index in [2.05, 4.69) is 29.3 Å². The molecule has 0 saturated heterocycles. The van der Waals surface area contributed by atoms with Gasteiger partial charge in [-0.2, -0.15) is 13.2 Å². The summed E-state index contributed by atoms with van der Waals surface area (Å²) in [5, 5.41) is 8.32. The van der Waals surface area contributed by atoms with E-state index in [4.69, 9.17) is 9.47 Å². The van der Waals surface area contributed by atoms with Gasteiger partial charge in [0.25, 0.3) is 0 Å². The van der Waals surface area contributed by atoms with Crippen molar-refractivity contribution in [3.8, 4) is 17.1 Å². The summed E-state index contributed by atoms with van der Waals surface area (Å²) in [6.45, 7) is 3.41. The molecule has 1 heterocycles. The number of alkyl halides is 3. The first-order valence-corrected chi connectivity index (χ1v) is 16.1. The van der Waals surface area contributed by atoms with Gasteiger partial charge >= 0.3 is 12.1 Å². The van der Waals surface area contributed by atoms with E-state index in [1.807, 2.05) is 19.1 Å². The highest BCUT2D eigenvalue weighted by Crippen LogP contribution is 2.41. The average molecular weight is 591 g/mol. The standard InChI is InChI=1S/C34H49F3N2O3/c1-3-5-7-9-10-11-15-26-19-21-27(22-20-26)28-16-13-14-17-29(28)30-23-24-32(39-38-30)41-25-31(34(35,36)37)42-33(40)18-12-8-6-4-2/h13-14,16-17,23-24,26-27,31H,3-12,15,18-22,25H2,1-2H3. The van der Waals surface area contributed by atoms with Crippen LogP contribution in [0.1, 0.15) is 128 Å². The quantitative estimate of drug-likeness (QED) is 0.128. The molecule has 3 rings (SSSR count). The van der Waals surface area contributed by atoms with Crippen LogP contribution in [-0.4, -0.2) is 35.1 Å². The molecule has 1 fully saturated rings. The summed E-state index contributed by atoms with van der Waals surface area (Å²) in [6.07, 6.45) is 10.2. The average Bonchev–Trinajstić information content (AvgIpc) is 2.99. The van der Waals surface area contributed by atoms with Crippen molar-refractivity contribution in [2.24, 2.45) is 5.92 Å². The first kappa shape index (κ1) is 33.9. The predicted molar refractivity (Wildman–Crippen MR) is 160 cm³/mol. The monoisotopic (exact) mass is 590 g/mol. The number of carbonyl (C=O) groups is 1. The Bertz CT molecular complexity index is 1040. The molecular weight excluding hydrogens is 541 g/mol. The number of carbonyl (C=O) groups excluding carboxylic acids is 1. The van der Waals surface area contributed by atoms with Crippen LogP contribution in [0.15, 0.2) is 36.4 Å². The summed E-state index contributed by atoms with van der Waals surface area (Å²) in [7, 11) is 0. The number of aromatic nitrogens is 2. The zero-order valence-electron chi connectivity index (χ0n) is 25.5. The van der Waals surface area contributed by atoms with Crippen LogP contribution in [0.2, 0.25) is 0 Å². The Morgan fingerprint density at radius 2 is 1.52 bits per heavy atom. The van der Waals surface area contributed by atoms with E-state index in [1.54, 1.807) is 6.07 Å². The Morgan fingerprint density at radius 3 is 2.19 bits per heavy atom. The normalized spacial score (nSPS) is 18.0. The number of benzene rings is 1. The molecule has 1 aromatic carbocycles. The summed E-state index contributed by atoms with van der Waals surface area (Å²) in [4.78, 5) is 11.9. The molecular formula is C34H49F3N2O3. The number of ether oxygens (including phenoxy) is 2. The Morgan fingerprint density at radius 1 is 0.857 bits per heavy atom. The van der Waals surface area contributed by atoms with Crippen LogP contribution in [0.25, 0.3) is 11.3 Å². The van der Waals surface area contributed by atoms with Crippen molar-refractivity contribution < 1.29 is 27.4 Å². The SMILES string of the molecule is CCCCCCCCC1CCC(c2ccccc2-c2ccc(OCC(OC(=O)CCCCCC)C(F)(F)F)nn2)CC1. The second-order valence-corrected chi connectivity index (χ2v) is 11.8. The number of hydrogen-bond donors (Lipinski definition) is 0. The minimum Gasteiger partial charge on any atom is -0.472 e. The summed E-state index contributed by atoms with van der Waals surface area (Å²) < 4.78 is 50.4. The van der Waals surface area contributed by atoms with Crippen molar-refractivity contribution >= 4 is 5.97 Å². The van der Waals surface area contributed by atoms with Crippen molar-refractivity contribution in [3.05, 3.63) is 42.0 Å². The topological polar surface area (TPSA) is 61.3 Å². The maximum Gasteiger partial charge on any atom is 0.428 e. The van der Waals surface area contributed by atoms with Crippen LogP contribution in [0.5, 0.6) is 5.88 Å². The van der Waals surface area contributed by atoms with E-state index < -0.39 is 24.9 Å². The Kier molecular flexibility index (Phi) is 14.6. The van der Waals surface area contributed by atoms with Gasteiger partial charge in [-0.25, -0.2) is 0 Å². The van der Waals surface area contributed by atoms with Crippen molar-refractivity contribution in [1.29, 1.82) is 0 Å². The van der Waals surface area contributed by atoms with Crippen LogP contribution in [0.4, 0.5) is 13.2 Å². The van der Waals surface area contributed by atoms with Crippen LogP contribution < -0.4 is 4.74 Å².